The lowest BCUT2D eigenvalue weighted by molar-refractivity contribution is 0.0869. The lowest BCUT2D eigenvalue weighted by atomic mass is 9.78. The molecule has 19 heavy (non-hydrogen) atoms. The molecule has 0 aliphatic heterocycles. The number of aryl methyl sites for hydroxylation is 1. The second-order valence-electron chi connectivity index (χ2n) is 6.27. The molecule has 104 valence electrons. The molecule has 1 aromatic carbocycles. The molecule has 3 heteroatoms. The molecule has 1 amide bonds. The topological polar surface area (TPSA) is 55.1 Å². The predicted molar refractivity (Wildman–Crippen MR) is 79.1 cm³/mol. The van der Waals surface area contributed by atoms with Gasteiger partial charge in [0.25, 0.3) is 5.91 Å². The molecular formula is C16H24N2O. The quantitative estimate of drug-likeness (QED) is 0.802. The van der Waals surface area contributed by atoms with E-state index >= 15 is 0 Å². The number of nitrogens with two attached hydrogens (primary N) is 1. The lowest BCUT2D eigenvalue weighted by Gasteiger charge is -2.37. The summed E-state index contributed by atoms with van der Waals surface area (Å²) in [7, 11) is 0. The Balaban J connectivity index is 2.10. The maximum Gasteiger partial charge on any atom is 0.252 e. The summed E-state index contributed by atoms with van der Waals surface area (Å²) in [6.45, 7) is 6.38. The summed E-state index contributed by atoms with van der Waals surface area (Å²) in [6, 6.07) is 5.49. The van der Waals surface area contributed by atoms with E-state index in [9.17, 15) is 4.79 Å². The van der Waals surface area contributed by atoms with Gasteiger partial charge in [-0.25, -0.2) is 0 Å². The summed E-state index contributed by atoms with van der Waals surface area (Å²) >= 11 is 0. The Morgan fingerprint density at radius 3 is 2.63 bits per heavy atom. The number of hydrogen-bond acceptors (Lipinski definition) is 2. The van der Waals surface area contributed by atoms with Gasteiger partial charge in [-0.2, -0.15) is 0 Å². The zero-order valence-electron chi connectivity index (χ0n) is 12.1. The number of amides is 1. The van der Waals surface area contributed by atoms with E-state index in [-0.39, 0.29) is 11.4 Å². The van der Waals surface area contributed by atoms with E-state index in [1.165, 1.54) is 12.8 Å². The molecular weight excluding hydrogens is 236 g/mol. The molecule has 1 saturated carbocycles. The standard InChI is InChI=1S/C16H24N2O/c1-11-6-8-16(3,9-7-11)18-15(19)14-10-13(17)5-4-12(14)2/h4-5,10-11H,6-9,17H2,1-3H3,(H,18,19). The van der Waals surface area contributed by atoms with Crippen molar-refractivity contribution in [2.24, 2.45) is 5.92 Å². The highest BCUT2D eigenvalue weighted by Crippen LogP contribution is 2.31. The van der Waals surface area contributed by atoms with Crippen molar-refractivity contribution >= 4 is 11.6 Å². The minimum absolute atomic E-state index is 0.00172. The van der Waals surface area contributed by atoms with E-state index in [1.54, 1.807) is 6.07 Å². The van der Waals surface area contributed by atoms with Gasteiger partial charge in [0.15, 0.2) is 0 Å². The van der Waals surface area contributed by atoms with Gasteiger partial charge in [-0.3, -0.25) is 4.79 Å². The highest BCUT2D eigenvalue weighted by atomic mass is 16.1. The van der Waals surface area contributed by atoms with E-state index in [0.717, 1.165) is 24.3 Å². The maximum atomic E-state index is 12.4. The normalized spacial score (nSPS) is 27.0. The molecule has 1 aliphatic carbocycles. The third-order valence-corrected chi connectivity index (χ3v) is 4.30. The van der Waals surface area contributed by atoms with Crippen LogP contribution in [0.5, 0.6) is 0 Å². The summed E-state index contributed by atoms with van der Waals surface area (Å²) in [5.41, 5.74) is 8.00. The molecule has 3 nitrogen and oxygen atoms in total. The molecule has 0 unspecified atom stereocenters. The van der Waals surface area contributed by atoms with Crippen LogP contribution in [0, 0.1) is 12.8 Å². The van der Waals surface area contributed by atoms with Crippen LogP contribution in [-0.2, 0) is 0 Å². The minimum Gasteiger partial charge on any atom is -0.399 e. The van der Waals surface area contributed by atoms with Crippen LogP contribution in [0.15, 0.2) is 18.2 Å². The van der Waals surface area contributed by atoms with Gasteiger partial charge in [0, 0.05) is 16.8 Å². The monoisotopic (exact) mass is 260 g/mol. The van der Waals surface area contributed by atoms with E-state index in [0.29, 0.717) is 11.3 Å². The van der Waals surface area contributed by atoms with Crippen LogP contribution < -0.4 is 11.1 Å². The number of nitrogen functional groups attached to an aromatic ring is 1. The first-order valence-electron chi connectivity index (χ1n) is 7.08. The van der Waals surface area contributed by atoms with Gasteiger partial charge in [-0.15, -0.1) is 0 Å². The molecule has 1 aromatic rings. The Labute approximate surface area is 115 Å². The fraction of sp³-hybridized carbons (Fsp3) is 0.562. The summed E-state index contributed by atoms with van der Waals surface area (Å²) in [5, 5.41) is 3.21. The fourth-order valence-electron chi connectivity index (χ4n) is 2.75. The fourth-order valence-corrected chi connectivity index (χ4v) is 2.75. The largest absolute Gasteiger partial charge is 0.399 e. The van der Waals surface area contributed by atoms with Crippen LogP contribution in [0.2, 0.25) is 0 Å². The molecule has 0 atom stereocenters. The SMILES string of the molecule is Cc1ccc(N)cc1C(=O)NC1(C)CCC(C)CC1. The number of rotatable bonds is 2. The zero-order valence-corrected chi connectivity index (χ0v) is 12.1. The lowest BCUT2D eigenvalue weighted by Crippen LogP contribution is -2.48. The van der Waals surface area contributed by atoms with E-state index in [4.69, 9.17) is 5.73 Å². The molecule has 2 rings (SSSR count). The molecule has 0 saturated heterocycles. The van der Waals surface area contributed by atoms with Crippen molar-refractivity contribution in [2.45, 2.75) is 52.0 Å². The van der Waals surface area contributed by atoms with E-state index < -0.39 is 0 Å². The van der Waals surface area contributed by atoms with Gasteiger partial charge in [0.05, 0.1) is 0 Å². The summed E-state index contributed by atoms with van der Waals surface area (Å²) < 4.78 is 0. The van der Waals surface area contributed by atoms with Crippen molar-refractivity contribution in [1.29, 1.82) is 0 Å². The van der Waals surface area contributed by atoms with E-state index in [1.807, 2.05) is 19.1 Å². The number of benzene rings is 1. The van der Waals surface area contributed by atoms with Crippen molar-refractivity contribution in [3.05, 3.63) is 29.3 Å². The maximum absolute atomic E-state index is 12.4. The average Bonchev–Trinajstić information content (AvgIpc) is 2.36. The number of carbonyl (C=O) groups excluding carboxylic acids is 1. The van der Waals surface area contributed by atoms with Crippen molar-refractivity contribution in [1.82, 2.24) is 5.32 Å². The van der Waals surface area contributed by atoms with Gasteiger partial charge in [0.2, 0.25) is 0 Å². The Hall–Kier alpha value is -1.51. The number of carbonyl (C=O) groups is 1. The van der Waals surface area contributed by atoms with Crippen LogP contribution in [0.4, 0.5) is 5.69 Å². The van der Waals surface area contributed by atoms with Gasteiger partial charge in [-0.1, -0.05) is 13.0 Å². The first-order chi connectivity index (χ1) is 8.89. The second-order valence-corrected chi connectivity index (χ2v) is 6.27. The van der Waals surface area contributed by atoms with Crippen LogP contribution >= 0.6 is 0 Å². The second kappa shape index (κ2) is 5.24. The first kappa shape index (κ1) is 13.9. The Bertz CT molecular complexity index is 474. The molecule has 0 aromatic heterocycles. The summed E-state index contributed by atoms with van der Waals surface area (Å²) in [5.74, 6) is 0.779. The molecule has 1 fully saturated rings. The molecule has 0 spiro atoms. The third kappa shape index (κ3) is 3.28. The van der Waals surface area contributed by atoms with Crippen molar-refractivity contribution in [3.8, 4) is 0 Å². The molecule has 0 bridgehead atoms. The summed E-state index contributed by atoms with van der Waals surface area (Å²) in [6.07, 6.45) is 4.49. The van der Waals surface area contributed by atoms with Crippen LogP contribution in [0.3, 0.4) is 0 Å². The third-order valence-electron chi connectivity index (χ3n) is 4.30. The van der Waals surface area contributed by atoms with Crippen molar-refractivity contribution in [3.63, 3.8) is 0 Å². The molecule has 3 N–H and O–H groups in total. The van der Waals surface area contributed by atoms with Gasteiger partial charge in [-0.05, 0) is 63.1 Å². The Kier molecular flexibility index (Phi) is 3.83. The summed E-state index contributed by atoms with van der Waals surface area (Å²) in [4.78, 5) is 12.4. The average molecular weight is 260 g/mol. The van der Waals surface area contributed by atoms with E-state index in [2.05, 4.69) is 19.2 Å². The van der Waals surface area contributed by atoms with Crippen molar-refractivity contribution < 1.29 is 4.79 Å². The molecule has 1 aliphatic rings. The number of anilines is 1. The highest BCUT2D eigenvalue weighted by Gasteiger charge is 2.31. The zero-order chi connectivity index (χ0) is 14.0. The number of hydrogen-bond donors (Lipinski definition) is 2. The Morgan fingerprint density at radius 1 is 1.37 bits per heavy atom. The molecule has 0 heterocycles. The predicted octanol–water partition coefficient (Wildman–Crippen LogP) is 3.28. The van der Waals surface area contributed by atoms with Gasteiger partial charge in [0.1, 0.15) is 0 Å². The smallest absolute Gasteiger partial charge is 0.252 e. The van der Waals surface area contributed by atoms with Crippen LogP contribution in [-0.4, -0.2) is 11.4 Å². The first-order valence-corrected chi connectivity index (χ1v) is 7.08. The van der Waals surface area contributed by atoms with Crippen molar-refractivity contribution in [2.75, 3.05) is 5.73 Å². The van der Waals surface area contributed by atoms with Crippen LogP contribution in [0.25, 0.3) is 0 Å². The van der Waals surface area contributed by atoms with Crippen LogP contribution in [0.1, 0.15) is 55.5 Å². The van der Waals surface area contributed by atoms with Gasteiger partial charge >= 0.3 is 0 Å². The highest BCUT2D eigenvalue weighted by molar-refractivity contribution is 5.96. The molecule has 0 radical (unpaired) electrons. The number of nitrogens with one attached hydrogen (secondary N) is 1. The van der Waals surface area contributed by atoms with Gasteiger partial charge < -0.3 is 11.1 Å². The Morgan fingerprint density at radius 2 is 2.00 bits per heavy atom. The minimum atomic E-state index is -0.0688.